The van der Waals surface area contributed by atoms with Crippen LogP contribution in [0.3, 0.4) is 0 Å². The number of nitrogens with zero attached hydrogens (tertiary/aromatic N) is 2. The maximum atomic E-state index is 5.97. The van der Waals surface area contributed by atoms with Gasteiger partial charge >= 0.3 is 0 Å². The van der Waals surface area contributed by atoms with Crippen LogP contribution >= 0.6 is 11.3 Å². The van der Waals surface area contributed by atoms with E-state index < -0.39 is 0 Å². The zero-order valence-electron chi connectivity index (χ0n) is 16.1. The fraction of sp³-hybridized carbons (Fsp3) is 0.789. The molecule has 2 N–H and O–H groups in total. The van der Waals surface area contributed by atoms with Gasteiger partial charge in [-0.2, -0.15) is 0 Å². The third-order valence-corrected chi connectivity index (χ3v) is 5.73. The van der Waals surface area contributed by atoms with Gasteiger partial charge in [0, 0.05) is 25.1 Å². The molecule has 1 fully saturated rings. The number of rotatable bonds is 9. The molecule has 5 nitrogen and oxygen atoms in total. The summed E-state index contributed by atoms with van der Waals surface area (Å²) >= 11 is 1.75. The lowest BCUT2D eigenvalue weighted by Gasteiger charge is -2.21. The number of nitrogens with one attached hydrogen (secondary N) is 2. The van der Waals surface area contributed by atoms with Crippen LogP contribution in [0, 0.1) is 13.8 Å². The van der Waals surface area contributed by atoms with Gasteiger partial charge in [0.1, 0.15) is 0 Å². The third-order valence-electron chi connectivity index (χ3n) is 4.66. The first-order chi connectivity index (χ1) is 12.2. The predicted molar refractivity (Wildman–Crippen MR) is 106 cm³/mol. The molecule has 1 aromatic rings. The summed E-state index contributed by atoms with van der Waals surface area (Å²) in [6, 6.07) is 0. The predicted octanol–water partition coefficient (Wildman–Crippen LogP) is 3.94. The topological polar surface area (TPSA) is 58.5 Å². The minimum Gasteiger partial charge on any atom is -0.378 e. The molecule has 0 saturated heterocycles. The van der Waals surface area contributed by atoms with Gasteiger partial charge in [0.25, 0.3) is 0 Å². The number of thiazole rings is 1. The zero-order valence-corrected chi connectivity index (χ0v) is 16.9. The fourth-order valence-corrected chi connectivity index (χ4v) is 4.09. The number of hydrogen-bond donors (Lipinski definition) is 2. The second-order valence-electron chi connectivity index (χ2n) is 6.79. The molecule has 0 spiro atoms. The summed E-state index contributed by atoms with van der Waals surface area (Å²) in [5.74, 6) is 0.865. The first-order valence-electron chi connectivity index (χ1n) is 9.68. The molecule has 0 radical (unpaired) electrons. The van der Waals surface area contributed by atoms with Crippen LogP contribution in [0.5, 0.6) is 0 Å². The lowest BCUT2D eigenvalue weighted by atomic mass is 9.98. The summed E-state index contributed by atoms with van der Waals surface area (Å²) in [5, 5.41) is 7.88. The highest BCUT2D eigenvalue weighted by Gasteiger charge is 2.12. The maximum Gasteiger partial charge on any atom is 0.191 e. The summed E-state index contributed by atoms with van der Waals surface area (Å²) in [4.78, 5) is 10.0. The van der Waals surface area contributed by atoms with Gasteiger partial charge < -0.3 is 15.4 Å². The van der Waals surface area contributed by atoms with E-state index in [9.17, 15) is 0 Å². The SMILES string of the molecule is CN=C(NCCCCCOC1CCCCC1)NCc1sc(C)nc1C. The molecule has 1 aliphatic carbocycles. The van der Waals surface area contributed by atoms with Crippen LogP contribution in [-0.4, -0.2) is 37.2 Å². The van der Waals surface area contributed by atoms with Crippen LogP contribution in [0.1, 0.15) is 66.9 Å². The summed E-state index contributed by atoms with van der Waals surface area (Å²) in [6.07, 6.45) is 10.7. The van der Waals surface area contributed by atoms with Crippen molar-refractivity contribution in [3.05, 3.63) is 15.6 Å². The maximum absolute atomic E-state index is 5.97. The van der Waals surface area contributed by atoms with Crippen LogP contribution in [-0.2, 0) is 11.3 Å². The average Bonchev–Trinajstić information content (AvgIpc) is 2.95. The molecule has 2 rings (SSSR count). The van der Waals surface area contributed by atoms with Crippen molar-refractivity contribution in [2.45, 2.75) is 77.9 Å². The minimum atomic E-state index is 0.536. The van der Waals surface area contributed by atoms with E-state index in [2.05, 4.69) is 27.5 Å². The first kappa shape index (κ1) is 20.2. The number of unbranched alkanes of at least 4 members (excludes halogenated alkanes) is 2. The Morgan fingerprint density at radius 2 is 1.96 bits per heavy atom. The molecule has 0 aromatic carbocycles. The summed E-state index contributed by atoms with van der Waals surface area (Å²) < 4.78 is 5.97. The Balaban J connectivity index is 1.50. The van der Waals surface area contributed by atoms with Crippen LogP contribution in [0.15, 0.2) is 4.99 Å². The molecule has 1 aromatic heterocycles. The molecule has 0 bridgehead atoms. The van der Waals surface area contributed by atoms with Crippen molar-refractivity contribution in [1.82, 2.24) is 15.6 Å². The van der Waals surface area contributed by atoms with Crippen molar-refractivity contribution in [2.75, 3.05) is 20.2 Å². The van der Waals surface area contributed by atoms with E-state index in [1.165, 1.54) is 43.4 Å². The summed E-state index contributed by atoms with van der Waals surface area (Å²) in [5.41, 5.74) is 1.11. The lowest BCUT2D eigenvalue weighted by Crippen LogP contribution is -2.37. The Morgan fingerprint density at radius 3 is 2.64 bits per heavy atom. The van der Waals surface area contributed by atoms with E-state index in [1.807, 2.05) is 14.0 Å². The number of aromatic nitrogens is 1. The largest absolute Gasteiger partial charge is 0.378 e. The second kappa shape index (κ2) is 11.5. The normalized spacial score (nSPS) is 16.2. The number of guanidine groups is 1. The molecule has 1 heterocycles. The molecule has 1 aliphatic rings. The van der Waals surface area contributed by atoms with E-state index in [0.717, 1.165) is 49.2 Å². The zero-order chi connectivity index (χ0) is 17.9. The van der Waals surface area contributed by atoms with E-state index in [4.69, 9.17) is 4.74 Å². The van der Waals surface area contributed by atoms with Gasteiger partial charge in [0.15, 0.2) is 5.96 Å². The van der Waals surface area contributed by atoms with Crippen molar-refractivity contribution in [1.29, 1.82) is 0 Å². The van der Waals surface area contributed by atoms with E-state index in [0.29, 0.717) is 6.10 Å². The Bertz CT molecular complexity index is 523. The quantitative estimate of drug-likeness (QED) is 0.395. The first-order valence-corrected chi connectivity index (χ1v) is 10.5. The van der Waals surface area contributed by atoms with Gasteiger partial charge in [-0.3, -0.25) is 4.99 Å². The van der Waals surface area contributed by atoms with E-state index >= 15 is 0 Å². The van der Waals surface area contributed by atoms with Gasteiger partial charge in [-0.15, -0.1) is 11.3 Å². The van der Waals surface area contributed by atoms with Gasteiger partial charge in [-0.05, 0) is 46.0 Å². The minimum absolute atomic E-state index is 0.536. The van der Waals surface area contributed by atoms with Crippen LogP contribution in [0.4, 0.5) is 0 Å². The van der Waals surface area contributed by atoms with Crippen LogP contribution in [0.25, 0.3) is 0 Å². The number of aryl methyl sites for hydroxylation is 2. The van der Waals surface area contributed by atoms with Crippen molar-refractivity contribution in [3.63, 3.8) is 0 Å². The van der Waals surface area contributed by atoms with Crippen molar-refractivity contribution in [2.24, 2.45) is 4.99 Å². The molecule has 6 heteroatoms. The van der Waals surface area contributed by atoms with Gasteiger partial charge in [-0.25, -0.2) is 4.98 Å². The molecule has 1 saturated carbocycles. The Morgan fingerprint density at radius 1 is 1.16 bits per heavy atom. The van der Waals surface area contributed by atoms with Crippen molar-refractivity contribution < 1.29 is 4.74 Å². The summed E-state index contributed by atoms with van der Waals surface area (Å²) in [6.45, 7) is 6.76. The highest BCUT2D eigenvalue weighted by Crippen LogP contribution is 2.20. The Hall–Kier alpha value is -1.14. The van der Waals surface area contributed by atoms with Gasteiger partial charge in [-0.1, -0.05) is 19.3 Å². The van der Waals surface area contributed by atoms with E-state index in [-0.39, 0.29) is 0 Å². The number of hydrogen-bond acceptors (Lipinski definition) is 4. The van der Waals surface area contributed by atoms with Crippen LogP contribution < -0.4 is 10.6 Å². The lowest BCUT2D eigenvalue weighted by molar-refractivity contribution is 0.0264. The molecule has 0 amide bonds. The van der Waals surface area contributed by atoms with Crippen LogP contribution in [0.2, 0.25) is 0 Å². The van der Waals surface area contributed by atoms with Crippen molar-refractivity contribution >= 4 is 17.3 Å². The van der Waals surface area contributed by atoms with E-state index in [1.54, 1.807) is 11.3 Å². The number of ether oxygens (including phenoxy) is 1. The molecule has 25 heavy (non-hydrogen) atoms. The standard InChI is InChI=1S/C19H34N4OS/c1-15-18(25-16(2)23-15)14-22-19(20-3)21-12-8-5-9-13-24-17-10-6-4-7-11-17/h17H,4-14H2,1-3H3,(H2,20,21,22). The fourth-order valence-electron chi connectivity index (χ4n) is 3.21. The molecule has 0 atom stereocenters. The molecular formula is C19H34N4OS. The van der Waals surface area contributed by atoms with Crippen molar-refractivity contribution in [3.8, 4) is 0 Å². The second-order valence-corrected chi connectivity index (χ2v) is 8.07. The highest BCUT2D eigenvalue weighted by atomic mass is 32.1. The Labute approximate surface area is 156 Å². The third kappa shape index (κ3) is 7.74. The molecule has 0 unspecified atom stereocenters. The molecule has 142 valence electrons. The molecular weight excluding hydrogens is 332 g/mol. The smallest absolute Gasteiger partial charge is 0.191 e. The highest BCUT2D eigenvalue weighted by molar-refractivity contribution is 7.11. The average molecular weight is 367 g/mol. The Kier molecular flexibility index (Phi) is 9.26. The monoisotopic (exact) mass is 366 g/mol. The van der Waals surface area contributed by atoms with Gasteiger partial charge in [0.2, 0.25) is 0 Å². The van der Waals surface area contributed by atoms with Gasteiger partial charge in [0.05, 0.1) is 23.4 Å². The summed E-state index contributed by atoms with van der Waals surface area (Å²) in [7, 11) is 1.82. The molecule has 0 aliphatic heterocycles. The number of aliphatic imine (C=N–C) groups is 1.